The van der Waals surface area contributed by atoms with E-state index in [0.717, 1.165) is 23.8 Å². The maximum absolute atomic E-state index is 10.4. The van der Waals surface area contributed by atoms with Gasteiger partial charge in [-0.2, -0.15) is 0 Å². The van der Waals surface area contributed by atoms with Crippen LogP contribution in [0.5, 0.6) is 0 Å². The summed E-state index contributed by atoms with van der Waals surface area (Å²) in [5.74, 6) is 2.97. The van der Waals surface area contributed by atoms with Gasteiger partial charge in [0.1, 0.15) is 5.82 Å². The first kappa shape index (κ1) is 10.8. The van der Waals surface area contributed by atoms with Crippen molar-refractivity contribution in [2.75, 3.05) is 11.4 Å². The summed E-state index contributed by atoms with van der Waals surface area (Å²) in [6.07, 6.45) is 4.07. The molecule has 4 rings (SSSR count). The van der Waals surface area contributed by atoms with Crippen LogP contribution < -0.4 is 10.6 Å². The predicted octanol–water partition coefficient (Wildman–Crippen LogP) is 0.746. The molecule has 3 aliphatic rings. The molecule has 4 heteroatoms. The van der Waals surface area contributed by atoms with Crippen molar-refractivity contribution in [3.05, 3.63) is 23.9 Å². The molecule has 1 aliphatic heterocycles. The molecule has 0 spiro atoms. The van der Waals surface area contributed by atoms with E-state index in [-0.39, 0.29) is 12.1 Å². The lowest BCUT2D eigenvalue weighted by molar-refractivity contribution is 0.0965. The molecule has 4 nitrogen and oxygen atoms in total. The highest BCUT2D eigenvalue weighted by Gasteiger charge is 2.59. The Morgan fingerprint density at radius 3 is 3.06 bits per heavy atom. The Labute approximate surface area is 107 Å². The van der Waals surface area contributed by atoms with Gasteiger partial charge in [-0.05, 0) is 36.7 Å². The summed E-state index contributed by atoms with van der Waals surface area (Å²) in [6.45, 7) is 1.56. The molecular weight excluding hydrogens is 226 g/mol. The van der Waals surface area contributed by atoms with Crippen LogP contribution in [-0.2, 0) is 6.54 Å². The number of fused-ring (bicyclic) bond motifs is 1. The minimum atomic E-state index is -0.165. The molecule has 18 heavy (non-hydrogen) atoms. The highest BCUT2D eigenvalue weighted by molar-refractivity contribution is 5.50. The lowest BCUT2D eigenvalue weighted by Gasteiger charge is -2.30. The van der Waals surface area contributed by atoms with Gasteiger partial charge < -0.3 is 15.7 Å². The average Bonchev–Trinajstić information content (AvgIpc) is 3.00. The number of anilines is 1. The van der Waals surface area contributed by atoms with Crippen LogP contribution in [0.4, 0.5) is 5.82 Å². The average molecular weight is 245 g/mol. The lowest BCUT2D eigenvalue weighted by Crippen LogP contribution is -2.41. The monoisotopic (exact) mass is 245 g/mol. The highest BCUT2D eigenvalue weighted by atomic mass is 16.3. The number of pyridine rings is 1. The Bertz CT molecular complexity index is 476. The van der Waals surface area contributed by atoms with Gasteiger partial charge in [-0.1, -0.05) is 6.07 Å². The van der Waals surface area contributed by atoms with E-state index in [0.29, 0.717) is 18.4 Å². The second kappa shape index (κ2) is 3.68. The molecule has 0 radical (unpaired) electrons. The van der Waals surface area contributed by atoms with Crippen LogP contribution >= 0.6 is 0 Å². The van der Waals surface area contributed by atoms with Gasteiger partial charge in [0.15, 0.2) is 0 Å². The summed E-state index contributed by atoms with van der Waals surface area (Å²) in [5, 5.41) is 10.4. The Balaban J connectivity index is 1.74. The van der Waals surface area contributed by atoms with Gasteiger partial charge in [0.2, 0.25) is 0 Å². The number of hydrogen-bond donors (Lipinski definition) is 2. The summed E-state index contributed by atoms with van der Waals surface area (Å²) in [5.41, 5.74) is 6.90. The van der Waals surface area contributed by atoms with Crippen LogP contribution in [0.2, 0.25) is 0 Å². The first-order valence-corrected chi connectivity index (χ1v) is 6.88. The number of aliphatic hydroxyl groups excluding tert-OH is 1. The van der Waals surface area contributed by atoms with E-state index in [2.05, 4.69) is 9.88 Å². The molecule has 2 aliphatic carbocycles. The van der Waals surface area contributed by atoms with Crippen molar-refractivity contribution >= 4 is 5.82 Å². The molecule has 1 aromatic rings. The van der Waals surface area contributed by atoms with Gasteiger partial charge in [-0.25, -0.2) is 4.98 Å². The zero-order chi connectivity index (χ0) is 12.3. The fourth-order valence-electron chi connectivity index (χ4n) is 4.51. The number of nitrogens with zero attached hydrogens (tertiary/aromatic N) is 2. The van der Waals surface area contributed by atoms with Crippen LogP contribution in [0.15, 0.2) is 18.3 Å². The van der Waals surface area contributed by atoms with Crippen LogP contribution in [-0.4, -0.2) is 28.8 Å². The molecule has 3 N–H and O–H groups in total. The van der Waals surface area contributed by atoms with Crippen molar-refractivity contribution in [2.24, 2.45) is 23.5 Å². The molecule has 2 heterocycles. The molecule has 0 amide bonds. The summed E-state index contributed by atoms with van der Waals surface area (Å²) in [4.78, 5) is 6.84. The fourth-order valence-corrected chi connectivity index (χ4v) is 4.51. The Kier molecular flexibility index (Phi) is 2.20. The van der Waals surface area contributed by atoms with Gasteiger partial charge >= 0.3 is 0 Å². The molecule has 2 saturated carbocycles. The van der Waals surface area contributed by atoms with Crippen molar-refractivity contribution in [1.82, 2.24) is 4.98 Å². The van der Waals surface area contributed by atoms with Crippen molar-refractivity contribution in [2.45, 2.75) is 31.5 Å². The van der Waals surface area contributed by atoms with Gasteiger partial charge in [0.25, 0.3) is 0 Å². The predicted molar refractivity (Wildman–Crippen MR) is 69.0 cm³/mol. The van der Waals surface area contributed by atoms with Crippen molar-refractivity contribution in [1.29, 1.82) is 0 Å². The van der Waals surface area contributed by atoms with Crippen molar-refractivity contribution in [3.8, 4) is 0 Å². The quantitative estimate of drug-likeness (QED) is 0.807. The topological polar surface area (TPSA) is 62.4 Å². The number of aromatic nitrogens is 1. The molecule has 5 unspecified atom stereocenters. The first-order valence-electron chi connectivity index (χ1n) is 6.88. The minimum absolute atomic E-state index is 0.165. The van der Waals surface area contributed by atoms with E-state index in [1.54, 1.807) is 0 Å². The van der Waals surface area contributed by atoms with E-state index in [1.165, 1.54) is 12.8 Å². The third-order valence-electron chi connectivity index (χ3n) is 5.21. The normalized spacial score (nSPS) is 40.8. The van der Waals surface area contributed by atoms with E-state index in [1.807, 2.05) is 18.3 Å². The second-order valence-corrected chi connectivity index (χ2v) is 5.98. The van der Waals surface area contributed by atoms with Crippen LogP contribution in [0.3, 0.4) is 0 Å². The molecular formula is C14H19N3O. The maximum atomic E-state index is 10.4. The highest BCUT2D eigenvalue weighted by Crippen LogP contribution is 2.55. The van der Waals surface area contributed by atoms with E-state index in [9.17, 15) is 5.11 Å². The van der Waals surface area contributed by atoms with Crippen molar-refractivity contribution < 1.29 is 5.11 Å². The lowest BCUT2D eigenvalue weighted by atomic mass is 9.88. The second-order valence-electron chi connectivity index (χ2n) is 5.98. The van der Waals surface area contributed by atoms with E-state index in [4.69, 9.17) is 5.73 Å². The van der Waals surface area contributed by atoms with Gasteiger partial charge in [0, 0.05) is 24.8 Å². The molecule has 2 bridgehead atoms. The number of nitrogens with two attached hydrogens (primary N) is 1. The molecule has 1 saturated heterocycles. The summed E-state index contributed by atoms with van der Waals surface area (Å²) < 4.78 is 0. The van der Waals surface area contributed by atoms with Gasteiger partial charge in [-0.3, -0.25) is 0 Å². The standard InChI is InChI=1S/C14H19N3O/c15-6-8-2-1-3-16-14(8)17-7-10-4-9-5-11(10)12(17)13(9)18/h1-3,9-13,18H,4-7,15H2. The van der Waals surface area contributed by atoms with E-state index < -0.39 is 0 Å². The van der Waals surface area contributed by atoms with E-state index >= 15 is 0 Å². The molecule has 0 aromatic carbocycles. The Morgan fingerprint density at radius 1 is 1.39 bits per heavy atom. The summed E-state index contributed by atoms with van der Waals surface area (Å²) >= 11 is 0. The van der Waals surface area contributed by atoms with Crippen LogP contribution in [0.1, 0.15) is 18.4 Å². The molecule has 1 aromatic heterocycles. The Morgan fingerprint density at radius 2 is 2.28 bits per heavy atom. The SMILES string of the molecule is NCc1cccnc1N1CC2CC3CC2C1C3O. The van der Waals surface area contributed by atoms with Gasteiger partial charge in [0.05, 0.1) is 12.1 Å². The van der Waals surface area contributed by atoms with Crippen molar-refractivity contribution in [3.63, 3.8) is 0 Å². The molecule has 5 atom stereocenters. The van der Waals surface area contributed by atoms with Gasteiger partial charge in [-0.15, -0.1) is 0 Å². The third kappa shape index (κ3) is 1.25. The zero-order valence-electron chi connectivity index (χ0n) is 10.4. The Hall–Kier alpha value is -1.13. The largest absolute Gasteiger partial charge is 0.391 e. The fraction of sp³-hybridized carbons (Fsp3) is 0.643. The minimum Gasteiger partial charge on any atom is -0.391 e. The summed E-state index contributed by atoms with van der Waals surface area (Å²) in [7, 11) is 0. The zero-order valence-corrected chi connectivity index (χ0v) is 10.4. The molecule has 3 fully saturated rings. The molecule has 96 valence electrons. The number of hydrogen-bond acceptors (Lipinski definition) is 4. The van der Waals surface area contributed by atoms with Crippen LogP contribution in [0.25, 0.3) is 0 Å². The first-order chi connectivity index (χ1) is 8.79. The van der Waals surface area contributed by atoms with Crippen LogP contribution in [0, 0.1) is 17.8 Å². The summed E-state index contributed by atoms with van der Waals surface area (Å²) in [6, 6.07) is 4.26. The number of aliphatic hydroxyl groups is 1. The third-order valence-corrected chi connectivity index (χ3v) is 5.21. The smallest absolute Gasteiger partial charge is 0.133 e. The number of rotatable bonds is 2. The maximum Gasteiger partial charge on any atom is 0.133 e.